The summed E-state index contributed by atoms with van der Waals surface area (Å²) >= 11 is 0. The first kappa shape index (κ1) is 12.3. The van der Waals surface area contributed by atoms with E-state index in [2.05, 4.69) is 17.1 Å². The Balaban J connectivity index is 1.73. The van der Waals surface area contributed by atoms with Crippen molar-refractivity contribution >= 4 is 0 Å². The van der Waals surface area contributed by atoms with Crippen molar-refractivity contribution < 1.29 is 8.91 Å². The summed E-state index contributed by atoms with van der Waals surface area (Å²) in [6, 6.07) is 6.70. The Morgan fingerprint density at radius 2 is 2.16 bits per heavy atom. The molecular weight excluding hydrogens is 243 g/mol. The molecule has 3 rings (SSSR count). The van der Waals surface area contributed by atoms with Gasteiger partial charge in [0, 0.05) is 12.3 Å². The fourth-order valence-electron chi connectivity index (χ4n) is 2.75. The number of rotatable bonds is 3. The standard InChI is InChI=1S/C15H17FN2O/c1-10-6-7-12(8-10)15-17-14(18-19-15)9-11-4-2-3-5-13(11)16/h2-5,10,12H,6-9H2,1H3/t10-,12-/m0/s1. The largest absolute Gasteiger partial charge is 0.339 e. The highest BCUT2D eigenvalue weighted by molar-refractivity contribution is 5.20. The van der Waals surface area contributed by atoms with Crippen LogP contribution < -0.4 is 0 Å². The second-order valence-electron chi connectivity index (χ2n) is 5.43. The van der Waals surface area contributed by atoms with E-state index in [0.29, 0.717) is 23.7 Å². The molecule has 0 radical (unpaired) electrons. The van der Waals surface area contributed by atoms with E-state index in [1.807, 2.05) is 6.07 Å². The van der Waals surface area contributed by atoms with Gasteiger partial charge in [-0.25, -0.2) is 4.39 Å². The lowest BCUT2D eigenvalue weighted by atomic mass is 10.1. The zero-order valence-electron chi connectivity index (χ0n) is 11.0. The molecule has 1 aromatic carbocycles. The van der Waals surface area contributed by atoms with Gasteiger partial charge in [0.15, 0.2) is 5.82 Å². The first-order valence-electron chi connectivity index (χ1n) is 6.78. The van der Waals surface area contributed by atoms with E-state index in [1.54, 1.807) is 12.1 Å². The van der Waals surface area contributed by atoms with Crippen LogP contribution in [0.25, 0.3) is 0 Å². The van der Waals surface area contributed by atoms with Crippen LogP contribution in [0.5, 0.6) is 0 Å². The molecule has 0 saturated heterocycles. The molecule has 19 heavy (non-hydrogen) atoms. The smallest absolute Gasteiger partial charge is 0.229 e. The monoisotopic (exact) mass is 260 g/mol. The average Bonchev–Trinajstić information content (AvgIpc) is 3.01. The summed E-state index contributed by atoms with van der Waals surface area (Å²) in [5, 5.41) is 3.97. The van der Waals surface area contributed by atoms with E-state index in [1.165, 1.54) is 12.5 Å². The van der Waals surface area contributed by atoms with Crippen molar-refractivity contribution in [3.63, 3.8) is 0 Å². The predicted octanol–water partition coefficient (Wildman–Crippen LogP) is 3.70. The molecule has 1 saturated carbocycles. The molecule has 4 heteroatoms. The van der Waals surface area contributed by atoms with Gasteiger partial charge in [-0.1, -0.05) is 30.3 Å². The molecule has 0 N–H and O–H groups in total. The van der Waals surface area contributed by atoms with E-state index < -0.39 is 0 Å². The van der Waals surface area contributed by atoms with E-state index in [-0.39, 0.29) is 5.82 Å². The highest BCUT2D eigenvalue weighted by atomic mass is 19.1. The molecule has 1 aliphatic carbocycles. The number of aromatic nitrogens is 2. The summed E-state index contributed by atoms with van der Waals surface area (Å²) in [6.07, 6.45) is 3.83. The van der Waals surface area contributed by atoms with E-state index >= 15 is 0 Å². The molecule has 0 unspecified atom stereocenters. The summed E-state index contributed by atoms with van der Waals surface area (Å²) in [4.78, 5) is 4.42. The third kappa shape index (κ3) is 2.67. The van der Waals surface area contributed by atoms with E-state index in [0.717, 1.165) is 24.7 Å². The predicted molar refractivity (Wildman–Crippen MR) is 69.3 cm³/mol. The van der Waals surface area contributed by atoms with Crippen molar-refractivity contribution in [3.8, 4) is 0 Å². The lowest BCUT2D eigenvalue weighted by Crippen LogP contribution is -1.97. The van der Waals surface area contributed by atoms with Crippen LogP contribution in [-0.2, 0) is 6.42 Å². The van der Waals surface area contributed by atoms with Crippen molar-refractivity contribution in [1.29, 1.82) is 0 Å². The van der Waals surface area contributed by atoms with Gasteiger partial charge in [0.2, 0.25) is 5.89 Å². The molecular formula is C15H17FN2O. The summed E-state index contributed by atoms with van der Waals surface area (Å²) in [5.74, 6) is 2.18. The third-order valence-electron chi connectivity index (χ3n) is 3.83. The molecule has 1 fully saturated rings. The summed E-state index contributed by atoms with van der Waals surface area (Å²) in [7, 11) is 0. The van der Waals surface area contributed by atoms with Crippen LogP contribution in [-0.4, -0.2) is 10.1 Å². The van der Waals surface area contributed by atoms with Crippen molar-refractivity contribution in [3.05, 3.63) is 47.4 Å². The summed E-state index contributed by atoms with van der Waals surface area (Å²) in [5.41, 5.74) is 0.606. The molecule has 3 nitrogen and oxygen atoms in total. The van der Waals surface area contributed by atoms with E-state index in [4.69, 9.17) is 4.52 Å². The summed E-state index contributed by atoms with van der Waals surface area (Å²) in [6.45, 7) is 2.25. The van der Waals surface area contributed by atoms with Gasteiger partial charge in [-0.2, -0.15) is 4.98 Å². The molecule has 1 heterocycles. The van der Waals surface area contributed by atoms with Gasteiger partial charge in [0.1, 0.15) is 5.82 Å². The Hall–Kier alpha value is -1.71. The molecule has 1 aromatic heterocycles. The summed E-state index contributed by atoms with van der Waals surface area (Å²) < 4.78 is 18.9. The highest BCUT2D eigenvalue weighted by Gasteiger charge is 2.27. The number of nitrogens with zero attached hydrogens (tertiary/aromatic N) is 2. The Kier molecular flexibility index (Phi) is 3.32. The van der Waals surface area contributed by atoms with Gasteiger partial charge in [-0.15, -0.1) is 0 Å². The van der Waals surface area contributed by atoms with Crippen LogP contribution >= 0.6 is 0 Å². The topological polar surface area (TPSA) is 38.9 Å². The minimum Gasteiger partial charge on any atom is -0.339 e. The lowest BCUT2D eigenvalue weighted by Gasteiger charge is -2.01. The number of hydrogen-bond donors (Lipinski definition) is 0. The Labute approximate surface area is 111 Å². The number of hydrogen-bond acceptors (Lipinski definition) is 3. The van der Waals surface area contributed by atoms with Gasteiger partial charge in [0.05, 0.1) is 0 Å². The maximum Gasteiger partial charge on any atom is 0.229 e. The van der Waals surface area contributed by atoms with Gasteiger partial charge < -0.3 is 4.52 Å². The quantitative estimate of drug-likeness (QED) is 0.844. The molecule has 0 amide bonds. The normalized spacial score (nSPS) is 22.8. The van der Waals surface area contributed by atoms with Crippen molar-refractivity contribution in [1.82, 2.24) is 10.1 Å². The minimum atomic E-state index is -0.219. The Bertz CT molecular complexity index is 567. The fraction of sp³-hybridized carbons (Fsp3) is 0.467. The average molecular weight is 260 g/mol. The number of halogens is 1. The van der Waals surface area contributed by atoms with Gasteiger partial charge >= 0.3 is 0 Å². The maximum absolute atomic E-state index is 13.5. The fourth-order valence-corrected chi connectivity index (χ4v) is 2.75. The lowest BCUT2D eigenvalue weighted by molar-refractivity contribution is 0.348. The third-order valence-corrected chi connectivity index (χ3v) is 3.83. The zero-order chi connectivity index (χ0) is 13.2. The molecule has 0 spiro atoms. The molecule has 0 bridgehead atoms. The Morgan fingerprint density at radius 1 is 1.32 bits per heavy atom. The maximum atomic E-state index is 13.5. The molecule has 0 aliphatic heterocycles. The second kappa shape index (κ2) is 5.11. The molecule has 100 valence electrons. The minimum absolute atomic E-state index is 0.219. The first-order valence-corrected chi connectivity index (χ1v) is 6.78. The first-order chi connectivity index (χ1) is 9.22. The van der Waals surface area contributed by atoms with Gasteiger partial charge in [0.25, 0.3) is 0 Å². The Morgan fingerprint density at radius 3 is 2.89 bits per heavy atom. The van der Waals surface area contributed by atoms with Crippen LogP contribution in [0.15, 0.2) is 28.8 Å². The van der Waals surface area contributed by atoms with Crippen molar-refractivity contribution in [2.45, 2.75) is 38.5 Å². The molecule has 1 aliphatic rings. The van der Waals surface area contributed by atoms with Crippen molar-refractivity contribution in [2.24, 2.45) is 5.92 Å². The second-order valence-corrected chi connectivity index (χ2v) is 5.43. The zero-order valence-corrected chi connectivity index (χ0v) is 11.0. The molecule has 2 aromatic rings. The van der Waals surface area contributed by atoms with Crippen LogP contribution in [0, 0.1) is 11.7 Å². The number of benzene rings is 1. The van der Waals surface area contributed by atoms with Gasteiger partial charge in [-0.05, 0) is 36.8 Å². The van der Waals surface area contributed by atoms with Crippen LogP contribution in [0.1, 0.15) is 49.4 Å². The molecule has 2 atom stereocenters. The van der Waals surface area contributed by atoms with Crippen molar-refractivity contribution in [2.75, 3.05) is 0 Å². The van der Waals surface area contributed by atoms with Gasteiger partial charge in [-0.3, -0.25) is 0 Å². The van der Waals surface area contributed by atoms with Crippen LogP contribution in [0.3, 0.4) is 0 Å². The SMILES string of the molecule is C[C@H]1CC[C@H](c2nc(Cc3ccccc3F)no2)C1. The van der Waals surface area contributed by atoms with E-state index in [9.17, 15) is 4.39 Å². The van der Waals surface area contributed by atoms with Crippen LogP contribution in [0.4, 0.5) is 4.39 Å². The highest BCUT2D eigenvalue weighted by Crippen LogP contribution is 2.37. The van der Waals surface area contributed by atoms with Crippen LogP contribution in [0.2, 0.25) is 0 Å².